The number of nitrogens with zero attached hydrogens (tertiary/aromatic N) is 2. The van der Waals surface area contributed by atoms with Crippen molar-refractivity contribution >= 4 is 7.25 Å². The van der Waals surface area contributed by atoms with Crippen molar-refractivity contribution in [2.75, 3.05) is 0 Å². The van der Waals surface area contributed by atoms with Crippen molar-refractivity contribution in [1.29, 1.82) is 0 Å². The number of imidazole rings is 1. The Bertz CT molecular complexity index is 314. The first-order valence-corrected chi connectivity index (χ1v) is 4.90. The second-order valence-electron chi connectivity index (χ2n) is 3.00. The number of rotatable bonds is 3. The van der Waals surface area contributed by atoms with Gasteiger partial charge in [0.05, 0.1) is 6.54 Å². The lowest BCUT2D eigenvalue weighted by atomic mass is 10.3. The van der Waals surface area contributed by atoms with Gasteiger partial charge in [-0.2, -0.15) is 0 Å². The van der Waals surface area contributed by atoms with Crippen LogP contribution in [0, 0.1) is 0 Å². The van der Waals surface area contributed by atoms with Crippen molar-refractivity contribution in [2.45, 2.75) is 26.9 Å². The minimum Gasteiger partial charge on any atom is -0.418 e. The number of halogens is 4. The molecule has 16 heavy (non-hydrogen) atoms. The minimum atomic E-state index is -6.00. The number of aryl methyl sites for hydroxylation is 1. The summed E-state index contributed by atoms with van der Waals surface area (Å²) in [6.07, 6.45) is 10.5. The van der Waals surface area contributed by atoms with Gasteiger partial charge in [-0.1, -0.05) is 6.08 Å². The van der Waals surface area contributed by atoms with Crippen LogP contribution >= 0.6 is 0 Å². The molecule has 0 saturated carbocycles. The molecule has 1 aromatic heterocycles. The Morgan fingerprint density at radius 1 is 1.31 bits per heavy atom. The molecule has 0 aliphatic rings. The minimum absolute atomic E-state index is 0.976. The average molecular weight is 238 g/mol. The Balaban J connectivity index is 0.000000385. The molecule has 1 aromatic rings. The van der Waals surface area contributed by atoms with Gasteiger partial charge in [-0.3, -0.25) is 0 Å². The van der Waals surface area contributed by atoms with Gasteiger partial charge in [0.25, 0.3) is 0 Å². The predicted molar refractivity (Wildman–Crippen MR) is 55.3 cm³/mol. The molecule has 0 aromatic carbocycles. The van der Waals surface area contributed by atoms with Gasteiger partial charge < -0.3 is 17.3 Å². The molecule has 1 rings (SSSR count). The van der Waals surface area contributed by atoms with E-state index in [2.05, 4.69) is 46.9 Å². The molecule has 0 saturated heterocycles. The highest BCUT2D eigenvalue weighted by Crippen LogP contribution is 2.06. The fourth-order valence-corrected chi connectivity index (χ4v) is 0.961. The standard InChI is InChI=1S/C9H15N2.BF4/c1-3-5-6-11-8-7-10(4-2)9-11;2-1(3,4)5/h3,5,7-9H,4,6H2,1-2H3;/q+1;-1. The van der Waals surface area contributed by atoms with Gasteiger partial charge >= 0.3 is 7.25 Å². The second-order valence-corrected chi connectivity index (χ2v) is 3.00. The number of aromatic nitrogens is 2. The first-order valence-electron chi connectivity index (χ1n) is 4.90. The molecule has 0 amide bonds. The van der Waals surface area contributed by atoms with Crippen LogP contribution in [-0.4, -0.2) is 11.8 Å². The van der Waals surface area contributed by atoms with E-state index in [1.807, 2.05) is 6.92 Å². The van der Waals surface area contributed by atoms with E-state index in [9.17, 15) is 17.3 Å². The number of hydrogen-bond donors (Lipinski definition) is 0. The van der Waals surface area contributed by atoms with Crippen molar-refractivity contribution in [2.24, 2.45) is 0 Å². The third-order valence-corrected chi connectivity index (χ3v) is 1.66. The van der Waals surface area contributed by atoms with Gasteiger partial charge in [0, 0.05) is 0 Å². The van der Waals surface area contributed by atoms with E-state index >= 15 is 0 Å². The van der Waals surface area contributed by atoms with Crippen LogP contribution in [0.1, 0.15) is 13.8 Å². The molecule has 0 atom stereocenters. The van der Waals surface area contributed by atoms with Crippen molar-refractivity contribution in [3.8, 4) is 0 Å². The summed E-state index contributed by atoms with van der Waals surface area (Å²) in [5, 5.41) is 0. The van der Waals surface area contributed by atoms with Crippen molar-refractivity contribution in [3.05, 3.63) is 30.9 Å². The van der Waals surface area contributed by atoms with E-state index in [-0.39, 0.29) is 0 Å². The van der Waals surface area contributed by atoms with Crippen molar-refractivity contribution in [1.82, 2.24) is 4.57 Å². The SMILES string of the molecule is CC=CC[n+]1ccn(CC)c1.F[B-](F)(F)F. The topological polar surface area (TPSA) is 8.81 Å². The quantitative estimate of drug-likeness (QED) is 0.331. The molecule has 1 heterocycles. The van der Waals surface area contributed by atoms with Gasteiger partial charge in [0.15, 0.2) is 0 Å². The van der Waals surface area contributed by atoms with E-state index in [0.717, 1.165) is 13.1 Å². The molecule has 0 bridgehead atoms. The third-order valence-electron chi connectivity index (χ3n) is 1.66. The lowest BCUT2D eigenvalue weighted by Crippen LogP contribution is -2.29. The molecule has 0 aliphatic heterocycles. The smallest absolute Gasteiger partial charge is 0.418 e. The van der Waals surface area contributed by atoms with Crippen LogP contribution < -0.4 is 4.57 Å². The van der Waals surface area contributed by atoms with Crippen LogP contribution in [0.15, 0.2) is 30.9 Å². The maximum absolute atomic E-state index is 9.75. The predicted octanol–water partition coefficient (Wildman–Crippen LogP) is 2.67. The zero-order valence-electron chi connectivity index (χ0n) is 9.28. The normalized spacial score (nSPS) is 11.4. The molecule has 0 spiro atoms. The van der Waals surface area contributed by atoms with Crippen LogP contribution in [0.3, 0.4) is 0 Å². The van der Waals surface area contributed by atoms with Crippen molar-refractivity contribution < 1.29 is 21.8 Å². The Hall–Kier alpha value is -1.27. The summed E-state index contributed by atoms with van der Waals surface area (Å²) >= 11 is 0. The zero-order chi connectivity index (χ0) is 12.6. The number of allylic oxidation sites excluding steroid dienone is 2. The molecular weight excluding hydrogens is 223 g/mol. The van der Waals surface area contributed by atoms with Gasteiger partial charge in [0.2, 0.25) is 6.33 Å². The maximum atomic E-state index is 9.75. The molecule has 7 heteroatoms. The van der Waals surface area contributed by atoms with Crippen LogP contribution in [0.5, 0.6) is 0 Å². The van der Waals surface area contributed by atoms with Crippen molar-refractivity contribution in [3.63, 3.8) is 0 Å². The first kappa shape index (κ1) is 14.7. The van der Waals surface area contributed by atoms with E-state index in [4.69, 9.17) is 0 Å². The summed E-state index contributed by atoms with van der Waals surface area (Å²) in [5.74, 6) is 0. The second kappa shape index (κ2) is 7.08. The van der Waals surface area contributed by atoms with E-state index in [1.165, 1.54) is 0 Å². The fourth-order valence-electron chi connectivity index (χ4n) is 0.961. The number of hydrogen-bond acceptors (Lipinski definition) is 0. The third kappa shape index (κ3) is 9.30. The lowest BCUT2D eigenvalue weighted by molar-refractivity contribution is -0.686. The molecule has 0 aliphatic carbocycles. The Morgan fingerprint density at radius 2 is 1.88 bits per heavy atom. The summed E-state index contributed by atoms with van der Waals surface area (Å²) < 4.78 is 43.3. The first-order chi connectivity index (χ1) is 7.36. The Labute approximate surface area is 92.3 Å². The molecule has 0 fully saturated rings. The molecule has 2 nitrogen and oxygen atoms in total. The lowest BCUT2D eigenvalue weighted by Gasteiger charge is -1.94. The summed E-state index contributed by atoms with van der Waals surface area (Å²) in [5.41, 5.74) is 0. The highest BCUT2D eigenvalue weighted by atomic mass is 19.5. The molecule has 0 N–H and O–H groups in total. The largest absolute Gasteiger partial charge is 0.673 e. The zero-order valence-corrected chi connectivity index (χ0v) is 9.28. The monoisotopic (exact) mass is 238 g/mol. The highest BCUT2D eigenvalue weighted by molar-refractivity contribution is 6.50. The fraction of sp³-hybridized carbons (Fsp3) is 0.444. The molecular formula is C9H15BF4N2. The average Bonchev–Trinajstić information content (AvgIpc) is 2.59. The Morgan fingerprint density at radius 3 is 2.25 bits per heavy atom. The highest BCUT2D eigenvalue weighted by Gasteiger charge is 2.20. The van der Waals surface area contributed by atoms with Crippen LogP contribution in [0.4, 0.5) is 17.3 Å². The summed E-state index contributed by atoms with van der Waals surface area (Å²) in [4.78, 5) is 0. The molecule has 0 radical (unpaired) electrons. The summed E-state index contributed by atoms with van der Waals surface area (Å²) in [6, 6.07) is 0. The van der Waals surface area contributed by atoms with Crippen LogP contribution in [-0.2, 0) is 13.1 Å². The summed E-state index contributed by atoms with van der Waals surface area (Å²) in [7, 11) is -6.00. The summed E-state index contributed by atoms with van der Waals surface area (Å²) in [6.45, 7) is 6.20. The van der Waals surface area contributed by atoms with E-state index < -0.39 is 7.25 Å². The Kier molecular flexibility index (Phi) is 6.52. The van der Waals surface area contributed by atoms with E-state index in [0.29, 0.717) is 0 Å². The van der Waals surface area contributed by atoms with Gasteiger partial charge in [-0.15, -0.1) is 0 Å². The molecule has 92 valence electrons. The van der Waals surface area contributed by atoms with Crippen LogP contribution in [0.25, 0.3) is 0 Å². The van der Waals surface area contributed by atoms with Gasteiger partial charge in [-0.05, 0) is 19.9 Å². The van der Waals surface area contributed by atoms with E-state index in [1.54, 1.807) is 0 Å². The molecule has 0 unspecified atom stereocenters. The van der Waals surface area contributed by atoms with Gasteiger partial charge in [-0.25, -0.2) is 9.13 Å². The van der Waals surface area contributed by atoms with Crippen LogP contribution in [0.2, 0.25) is 0 Å². The maximum Gasteiger partial charge on any atom is 0.673 e. The van der Waals surface area contributed by atoms with Gasteiger partial charge in [0.1, 0.15) is 18.9 Å².